The van der Waals surface area contributed by atoms with Crippen molar-refractivity contribution in [2.24, 2.45) is 0 Å². The van der Waals surface area contributed by atoms with Crippen molar-refractivity contribution in [3.05, 3.63) is 55.7 Å². The molecule has 13 heteroatoms. The average molecular weight is 420 g/mol. The summed E-state index contributed by atoms with van der Waals surface area (Å²) in [7, 11) is 0. The van der Waals surface area contributed by atoms with Crippen LogP contribution in [-0.4, -0.2) is 9.91 Å². The van der Waals surface area contributed by atoms with E-state index in [-0.39, 0.29) is 0 Å². The number of rotatable bonds is 3. The lowest BCUT2D eigenvalue weighted by Gasteiger charge is -2.16. The maximum absolute atomic E-state index is 13.2. The first-order valence-corrected chi connectivity index (χ1v) is 7.12. The Kier molecular flexibility index (Phi) is 5.24. The number of halogens is 8. The monoisotopic (exact) mass is 419 g/mol. The van der Waals surface area contributed by atoms with Gasteiger partial charge in [-0.3, -0.25) is 10.1 Å². The quantitative estimate of drug-likeness (QED) is 0.372. The Bertz CT molecular complexity index is 870. The number of nitro benzene ring substituents is 1. The van der Waals surface area contributed by atoms with Gasteiger partial charge in [0.1, 0.15) is 17.1 Å². The van der Waals surface area contributed by atoms with Crippen molar-refractivity contribution in [3.8, 4) is 0 Å². The standard InChI is InChI=1S/C13H5Cl2F6N3O2/c14-6-1-2-8(24(25)26)10(9(6)13(19,20)21)23-11-7(15)3-5(4-22-11)12(16,17)18/h1-4H,(H,22,23). The summed E-state index contributed by atoms with van der Waals surface area (Å²) < 4.78 is 77.5. The largest absolute Gasteiger partial charge is 0.420 e. The molecule has 2 aromatic rings. The number of hydrogen-bond acceptors (Lipinski definition) is 4. The minimum atomic E-state index is -5.09. The molecule has 1 N–H and O–H groups in total. The van der Waals surface area contributed by atoms with Crippen molar-refractivity contribution in [3.63, 3.8) is 0 Å². The van der Waals surface area contributed by atoms with Crippen molar-refractivity contribution < 1.29 is 31.3 Å². The number of aromatic nitrogens is 1. The lowest BCUT2D eigenvalue weighted by atomic mass is 10.1. The molecule has 0 bridgehead atoms. The van der Waals surface area contributed by atoms with E-state index in [1.165, 1.54) is 0 Å². The lowest BCUT2D eigenvalue weighted by molar-refractivity contribution is -0.384. The molecule has 1 heterocycles. The van der Waals surface area contributed by atoms with Crippen LogP contribution in [-0.2, 0) is 12.4 Å². The predicted molar refractivity (Wildman–Crippen MR) is 80.6 cm³/mol. The molecule has 0 spiro atoms. The van der Waals surface area contributed by atoms with Gasteiger partial charge in [-0.2, -0.15) is 26.3 Å². The third-order valence-electron chi connectivity index (χ3n) is 3.02. The van der Waals surface area contributed by atoms with Gasteiger partial charge in [0, 0.05) is 12.3 Å². The molecule has 0 fully saturated rings. The molecule has 0 atom stereocenters. The Labute approximate surface area is 150 Å². The highest BCUT2D eigenvalue weighted by atomic mass is 35.5. The first-order chi connectivity index (χ1) is 11.8. The van der Waals surface area contributed by atoms with Gasteiger partial charge in [-0.25, -0.2) is 4.98 Å². The van der Waals surface area contributed by atoms with Gasteiger partial charge in [-0.05, 0) is 12.1 Å². The second kappa shape index (κ2) is 6.80. The Morgan fingerprint density at radius 3 is 2.12 bits per heavy atom. The fourth-order valence-electron chi connectivity index (χ4n) is 1.93. The number of anilines is 2. The SMILES string of the molecule is O=[N+]([O-])c1ccc(Cl)c(C(F)(F)F)c1Nc1ncc(C(F)(F)F)cc1Cl. The summed E-state index contributed by atoms with van der Waals surface area (Å²) in [6.07, 6.45) is -9.56. The van der Waals surface area contributed by atoms with Crippen LogP contribution in [0.25, 0.3) is 0 Å². The van der Waals surface area contributed by atoms with Crippen LogP contribution >= 0.6 is 23.2 Å². The number of nitrogens with one attached hydrogen (secondary N) is 1. The molecule has 1 aromatic heterocycles. The van der Waals surface area contributed by atoms with E-state index in [4.69, 9.17) is 23.2 Å². The zero-order valence-electron chi connectivity index (χ0n) is 12.0. The van der Waals surface area contributed by atoms with E-state index in [2.05, 4.69) is 4.98 Å². The van der Waals surface area contributed by atoms with Crippen LogP contribution in [0.2, 0.25) is 10.0 Å². The summed E-state index contributed by atoms with van der Waals surface area (Å²) in [5, 5.41) is 11.4. The minimum Gasteiger partial charge on any atom is -0.333 e. The van der Waals surface area contributed by atoms with Gasteiger partial charge in [0.15, 0.2) is 0 Å². The minimum absolute atomic E-state index is 0.317. The molecule has 0 saturated carbocycles. The van der Waals surface area contributed by atoms with Crippen LogP contribution in [0.3, 0.4) is 0 Å². The molecule has 0 aliphatic rings. The average Bonchev–Trinajstić information content (AvgIpc) is 2.46. The highest BCUT2D eigenvalue weighted by Gasteiger charge is 2.40. The smallest absolute Gasteiger partial charge is 0.333 e. The van der Waals surface area contributed by atoms with Gasteiger partial charge >= 0.3 is 12.4 Å². The van der Waals surface area contributed by atoms with E-state index in [1.54, 1.807) is 0 Å². The zero-order chi connectivity index (χ0) is 19.9. The Morgan fingerprint density at radius 1 is 1.04 bits per heavy atom. The van der Waals surface area contributed by atoms with E-state index >= 15 is 0 Å². The number of benzene rings is 1. The van der Waals surface area contributed by atoms with Crippen LogP contribution in [0.15, 0.2) is 24.4 Å². The van der Waals surface area contributed by atoms with E-state index < -0.39 is 55.6 Å². The Balaban J connectivity index is 2.63. The van der Waals surface area contributed by atoms with Crippen molar-refractivity contribution in [2.45, 2.75) is 12.4 Å². The van der Waals surface area contributed by atoms with Gasteiger partial charge in [0.25, 0.3) is 5.69 Å². The van der Waals surface area contributed by atoms with Gasteiger partial charge < -0.3 is 5.32 Å². The second-order valence-electron chi connectivity index (χ2n) is 4.75. The normalized spacial score (nSPS) is 12.2. The Morgan fingerprint density at radius 2 is 1.65 bits per heavy atom. The summed E-state index contributed by atoms with van der Waals surface area (Å²) in [6.45, 7) is 0. The molecule has 0 aliphatic carbocycles. The Hall–Kier alpha value is -2.27. The van der Waals surface area contributed by atoms with Crippen molar-refractivity contribution in [2.75, 3.05) is 5.32 Å². The van der Waals surface area contributed by atoms with Crippen LogP contribution in [0.1, 0.15) is 11.1 Å². The van der Waals surface area contributed by atoms with Crippen LogP contribution < -0.4 is 5.32 Å². The fraction of sp³-hybridized carbons (Fsp3) is 0.154. The topological polar surface area (TPSA) is 68.1 Å². The summed E-state index contributed by atoms with van der Waals surface area (Å²) in [5.41, 5.74) is -4.93. The third-order valence-corrected chi connectivity index (χ3v) is 3.63. The van der Waals surface area contributed by atoms with Gasteiger partial charge in [0.2, 0.25) is 0 Å². The zero-order valence-corrected chi connectivity index (χ0v) is 13.6. The van der Waals surface area contributed by atoms with Crippen LogP contribution in [0.5, 0.6) is 0 Å². The van der Waals surface area contributed by atoms with Gasteiger partial charge in [0.05, 0.1) is 20.5 Å². The second-order valence-corrected chi connectivity index (χ2v) is 5.56. The molecule has 5 nitrogen and oxygen atoms in total. The van der Waals surface area contributed by atoms with Crippen molar-refractivity contribution >= 4 is 40.4 Å². The lowest BCUT2D eigenvalue weighted by Crippen LogP contribution is -2.13. The number of pyridine rings is 1. The number of hydrogen-bond donors (Lipinski definition) is 1. The molecule has 1 aromatic carbocycles. The molecular weight excluding hydrogens is 415 g/mol. The summed E-state index contributed by atoms with van der Waals surface area (Å²) >= 11 is 11.1. The molecule has 0 aliphatic heterocycles. The maximum Gasteiger partial charge on any atom is 0.420 e. The fourth-order valence-corrected chi connectivity index (χ4v) is 2.40. The molecular formula is C13H5Cl2F6N3O2. The van der Waals surface area contributed by atoms with Crippen molar-refractivity contribution in [1.82, 2.24) is 4.98 Å². The molecule has 26 heavy (non-hydrogen) atoms. The van der Waals surface area contributed by atoms with E-state index in [9.17, 15) is 36.5 Å². The summed E-state index contributed by atoms with van der Waals surface area (Å²) in [5.74, 6) is -0.643. The molecule has 140 valence electrons. The molecule has 0 unspecified atom stereocenters. The van der Waals surface area contributed by atoms with E-state index in [1.807, 2.05) is 5.32 Å². The molecule has 0 radical (unpaired) electrons. The molecule has 0 amide bonds. The predicted octanol–water partition coefficient (Wildman–Crippen LogP) is 6.08. The number of alkyl halides is 6. The molecule has 0 saturated heterocycles. The highest BCUT2D eigenvalue weighted by Crippen LogP contribution is 2.45. The van der Waals surface area contributed by atoms with Crippen LogP contribution in [0, 0.1) is 10.1 Å². The highest BCUT2D eigenvalue weighted by molar-refractivity contribution is 6.33. The van der Waals surface area contributed by atoms with Crippen molar-refractivity contribution in [1.29, 1.82) is 0 Å². The number of nitrogens with zero attached hydrogens (tertiary/aromatic N) is 2. The maximum atomic E-state index is 13.2. The molecule has 2 rings (SSSR count). The van der Waals surface area contributed by atoms with E-state index in [0.29, 0.717) is 24.4 Å². The number of nitro groups is 1. The summed E-state index contributed by atoms with van der Waals surface area (Å²) in [6, 6.07) is 1.80. The first kappa shape index (κ1) is 20.0. The first-order valence-electron chi connectivity index (χ1n) is 6.36. The van der Waals surface area contributed by atoms with E-state index in [0.717, 1.165) is 0 Å². The van der Waals surface area contributed by atoms with Gasteiger partial charge in [-0.1, -0.05) is 23.2 Å². The third kappa shape index (κ3) is 4.10. The van der Waals surface area contributed by atoms with Crippen LogP contribution in [0.4, 0.5) is 43.5 Å². The summed E-state index contributed by atoms with van der Waals surface area (Å²) in [4.78, 5) is 13.2. The van der Waals surface area contributed by atoms with Gasteiger partial charge in [-0.15, -0.1) is 0 Å².